The SMILES string of the molecule is CCOCc1ccc2c(c1)c1c3c[nH]c(O)c3c3c(c1n2CCCO)Cc1ccccc1-3. The van der Waals surface area contributed by atoms with Gasteiger partial charge in [0, 0.05) is 59.6 Å². The van der Waals surface area contributed by atoms with Gasteiger partial charge in [0.15, 0.2) is 5.88 Å². The number of rotatable bonds is 6. The first-order chi connectivity index (χ1) is 15.7. The Labute approximate surface area is 185 Å². The minimum atomic E-state index is 0.152. The largest absolute Gasteiger partial charge is 0.494 e. The molecule has 0 amide bonds. The standard InChI is InChI=1S/C27H26N2O3/c1-2-32-15-16-8-9-22-19(12-16)24-21-14-28-27(31)25(21)23-18-7-4-3-6-17(18)13-20(23)26(24)29(22)10-5-11-30/h3-4,6-9,12,14,28,30-31H,2,5,10-11,13,15H2,1H3. The normalized spacial score (nSPS) is 12.8. The predicted molar refractivity (Wildman–Crippen MR) is 128 cm³/mol. The highest BCUT2D eigenvalue weighted by Crippen LogP contribution is 2.50. The van der Waals surface area contributed by atoms with Crippen molar-refractivity contribution in [1.29, 1.82) is 0 Å². The second-order valence-corrected chi connectivity index (χ2v) is 8.55. The fourth-order valence-corrected chi connectivity index (χ4v) is 5.47. The Balaban J connectivity index is 1.77. The van der Waals surface area contributed by atoms with E-state index in [-0.39, 0.29) is 12.5 Å². The van der Waals surface area contributed by atoms with Crippen molar-refractivity contribution in [1.82, 2.24) is 9.55 Å². The third-order valence-corrected chi connectivity index (χ3v) is 6.76. The molecule has 0 saturated carbocycles. The van der Waals surface area contributed by atoms with Crippen LogP contribution in [0.3, 0.4) is 0 Å². The predicted octanol–water partition coefficient (Wildman–Crippen LogP) is 5.47. The van der Waals surface area contributed by atoms with Gasteiger partial charge < -0.3 is 24.5 Å². The molecule has 1 aliphatic rings. The van der Waals surface area contributed by atoms with E-state index >= 15 is 0 Å². The van der Waals surface area contributed by atoms with Crippen LogP contribution in [0, 0.1) is 0 Å². The minimum absolute atomic E-state index is 0.152. The van der Waals surface area contributed by atoms with E-state index in [1.807, 2.05) is 13.1 Å². The van der Waals surface area contributed by atoms with Gasteiger partial charge in [-0.25, -0.2) is 0 Å². The van der Waals surface area contributed by atoms with Crippen LogP contribution < -0.4 is 0 Å². The van der Waals surface area contributed by atoms with E-state index in [2.05, 4.69) is 52.0 Å². The van der Waals surface area contributed by atoms with Crippen LogP contribution in [-0.4, -0.2) is 33.0 Å². The van der Waals surface area contributed by atoms with Gasteiger partial charge in [-0.1, -0.05) is 30.3 Å². The Bertz CT molecular complexity index is 1490. The Morgan fingerprint density at radius 1 is 1.09 bits per heavy atom. The zero-order chi connectivity index (χ0) is 21.8. The lowest BCUT2D eigenvalue weighted by Crippen LogP contribution is -2.02. The molecule has 32 heavy (non-hydrogen) atoms. The number of nitrogens with one attached hydrogen (secondary N) is 1. The number of H-pyrrole nitrogens is 1. The molecule has 3 aromatic carbocycles. The van der Waals surface area contributed by atoms with Crippen LogP contribution in [0.4, 0.5) is 0 Å². The molecule has 3 N–H and O–H groups in total. The molecule has 0 aliphatic heterocycles. The van der Waals surface area contributed by atoms with Gasteiger partial charge in [0.05, 0.1) is 17.5 Å². The Hall–Kier alpha value is -3.28. The first-order valence-electron chi connectivity index (χ1n) is 11.3. The molecule has 0 bridgehead atoms. The molecule has 1 aliphatic carbocycles. The maximum atomic E-state index is 10.8. The number of aromatic nitrogens is 2. The molecule has 0 atom stereocenters. The first kappa shape index (κ1) is 19.4. The van der Waals surface area contributed by atoms with Crippen LogP contribution >= 0.6 is 0 Å². The summed E-state index contributed by atoms with van der Waals surface area (Å²) in [5.41, 5.74) is 8.36. The summed E-state index contributed by atoms with van der Waals surface area (Å²) in [5.74, 6) is 0.219. The number of aromatic hydroxyl groups is 1. The molecule has 0 radical (unpaired) electrons. The summed E-state index contributed by atoms with van der Waals surface area (Å²) in [6.45, 7) is 4.16. The molecule has 5 nitrogen and oxygen atoms in total. The van der Waals surface area contributed by atoms with Crippen molar-refractivity contribution < 1.29 is 14.9 Å². The number of benzene rings is 3. The third-order valence-electron chi connectivity index (χ3n) is 6.76. The summed E-state index contributed by atoms with van der Waals surface area (Å²) >= 11 is 0. The van der Waals surface area contributed by atoms with Gasteiger partial charge in [-0.05, 0) is 47.7 Å². The molecule has 2 heterocycles. The summed E-state index contributed by atoms with van der Waals surface area (Å²) in [5, 5.41) is 24.7. The topological polar surface area (TPSA) is 70.4 Å². The van der Waals surface area contributed by atoms with Gasteiger partial charge in [0.25, 0.3) is 0 Å². The number of nitrogens with zero attached hydrogens (tertiary/aromatic N) is 1. The highest BCUT2D eigenvalue weighted by Gasteiger charge is 2.29. The van der Waals surface area contributed by atoms with Gasteiger partial charge in [-0.2, -0.15) is 0 Å². The molecular weight excluding hydrogens is 400 g/mol. The van der Waals surface area contributed by atoms with Crippen LogP contribution in [0.25, 0.3) is 43.7 Å². The van der Waals surface area contributed by atoms with Crippen LogP contribution in [0.1, 0.15) is 30.0 Å². The van der Waals surface area contributed by atoms with Gasteiger partial charge in [-0.3, -0.25) is 0 Å². The quantitative estimate of drug-likeness (QED) is 0.331. The van der Waals surface area contributed by atoms with E-state index in [0.29, 0.717) is 19.6 Å². The second kappa shape index (κ2) is 7.40. The third kappa shape index (κ3) is 2.65. The van der Waals surface area contributed by atoms with E-state index in [9.17, 15) is 10.2 Å². The average Bonchev–Trinajstić information content (AvgIpc) is 3.47. The van der Waals surface area contributed by atoms with Gasteiger partial charge in [0.2, 0.25) is 0 Å². The lowest BCUT2D eigenvalue weighted by atomic mass is 9.96. The Kier molecular flexibility index (Phi) is 4.49. The average molecular weight is 427 g/mol. The molecule has 2 aromatic heterocycles. The van der Waals surface area contributed by atoms with Crippen molar-refractivity contribution in [3.63, 3.8) is 0 Å². The highest BCUT2D eigenvalue weighted by molar-refractivity contribution is 6.27. The molecule has 0 unspecified atom stereocenters. The van der Waals surface area contributed by atoms with Crippen molar-refractivity contribution >= 4 is 32.6 Å². The molecule has 162 valence electrons. The summed E-state index contributed by atoms with van der Waals surface area (Å²) in [4.78, 5) is 3.08. The van der Waals surface area contributed by atoms with Gasteiger partial charge in [-0.15, -0.1) is 0 Å². The van der Waals surface area contributed by atoms with Crippen molar-refractivity contribution in [2.24, 2.45) is 0 Å². The molecule has 0 spiro atoms. The first-order valence-corrected chi connectivity index (χ1v) is 11.3. The molecule has 6 rings (SSSR count). The zero-order valence-corrected chi connectivity index (χ0v) is 18.1. The maximum Gasteiger partial charge on any atom is 0.197 e. The highest BCUT2D eigenvalue weighted by atomic mass is 16.5. The van der Waals surface area contributed by atoms with E-state index in [1.54, 1.807) is 0 Å². The van der Waals surface area contributed by atoms with Gasteiger partial charge >= 0.3 is 0 Å². The Morgan fingerprint density at radius 2 is 1.97 bits per heavy atom. The van der Waals surface area contributed by atoms with Crippen LogP contribution in [-0.2, 0) is 24.3 Å². The molecule has 5 heteroatoms. The van der Waals surface area contributed by atoms with Crippen LogP contribution in [0.2, 0.25) is 0 Å². The second-order valence-electron chi connectivity index (χ2n) is 8.55. The number of ether oxygens (including phenoxy) is 1. The Morgan fingerprint density at radius 3 is 2.81 bits per heavy atom. The van der Waals surface area contributed by atoms with Crippen LogP contribution in [0.5, 0.6) is 5.88 Å². The summed E-state index contributed by atoms with van der Waals surface area (Å²) in [7, 11) is 0. The van der Waals surface area contributed by atoms with E-state index in [4.69, 9.17) is 4.74 Å². The fraction of sp³-hybridized carbons (Fsp3) is 0.259. The van der Waals surface area contributed by atoms with Crippen molar-refractivity contribution in [3.8, 4) is 17.0 Å². The maximum absolute atomic E-state index is 10.8. The molecule has 0 fully saturated rings. The number of aliphatic hydroxyl groups excluding tert-OH is 1. The van der Waals surface area contributed by atoms with E-state index in [1.165, 1.54) is 22.2 Å². The lowest BCUT2D eigenvalue weighted by molar-refractivity contribution is 0.134. The van der Waals surface area contributed by atoms with Crippen LogP contribution in [0.15, 0.2) is 48.7 Å². The number of fused-ring (bicyclic) bond motifs is 10. The van der Waals surface area contributed by atoms with E-state index in [0.717, 1.165) is 51.2 Å². The van der Waals surface area contributed by atoms with Crippen molar-refractivity contribution in [2.75, 3.05) is 13.2 Å². The monoisotopic (exact) mass is 426 g/mol. The summed E-state index contributed by atoms with van der Waals surface area (Å²) < 4.78 is 8.03. The summed E-state index contributed by atoms with van der Waals surface area (Å²) in [6.07, 6.45) is 3.46. The zero-order valence-electron chi connectivity index (χ0n) is 18.1. The fourth-order valence-electron chi connectivity index (χ4n) is 5.47. The number of hydrogen-bond donors (Lipinski definition) is 3. The number of aryl methyl sites for hydroxylation is 1. The number of aromatic amines is 1. The smallest absolute Gasteiger partial charge is 0.197 e. The number of hydrogen-bond acceptors (Lipinski definition) is 3. The lowest BCUT2D eigenvalue weighted by Gasteiger charge is -2.12. The van der Waals surface area contributed by atoms with Crippen molar-refractivity contribution in [2.45, 2.75) is 32.9 Å². The minimum Gasteiger partial charge on any atom is -0.494 e. The molecule has 5 aromatic rings. The summed E-state index contributed by atoms with van der Waals surface area (Å²) in [6, 6.07) is 15.0. The van der Waals surface area contributed by atoms with Gasteiger partial charge in [0.1, 0.15) is 0 Å². The number of aliphatic hydroxyl groups is 1. The molecule has 0 saturated heterocycles. The van der Waals surface area contributed by atoms with Crippen molar-refractivity contribution in [3.05, 3.63) is 65.4 Å². The molecular formula is C27H26N2O3. The van der Waals surface area contributed by atoms with E-state index < -0.39 is 0 Å².